The Morgan fingerprint density at radius 3 is 2.65 bits per heavy atom. The number of phenolic OH excluding ortho intramolecular Hbond substituents is 1. The van der Waals surface area contributed by atoms with Crippen LogP contribution in [0.5, 0.6) is 5.75 Å². The first-order chi connectivity index (χ1) is 17.5. The van der Waals surface area contributed by atoms with Gasteiger partial charge in [0.15, 0.2) is 5.82 Å². The van der Waals surface area contributed by atoms with Crippen molar-refractivity contribution >= 4 is 41.5 Å². The Hall–Kier alpha value is -2.88. The van der Waals surface area contributed by atoms with Crippen molar-refractivity contribution < 1.29 is 29.0 Å². The third-order valence-electron chi connectivity index (χ3n) is 6.73. The average Bonchev–Trinajstić information content (AvgIpc) is 3.30. The van der Waals surface area contributed by atoms with Gasteiger partial charge in [0, 0.05) is 26.3 Å². The quantitative estimate of drug-likeness (QED) is 0.230. The molecule has 2 aromatic rings. The van der Waals surface area contributed by atoms with Crippen molar-refractivity contribution in [2.45, 2.75) is 43.2 Å². The van der Waals surface area contributed by atoms with Crippen LogP contribution < -0.4 is 11.1 Å². The molecule has 0 bridgehead atoms. The largest absolute Gasteiger partial charge is 0.508 e. The van der Waals surface area contributed by atoms with Crippen molar-refractivity contribution in [3.05, 3.63) is 35.2 Å². The fourth-order valence-electron chi connectivity index (χ4n) is 4.80. The molecule has 15 heteroatoms. The topological polar surface area (TPSA) is 175 Å². The van der Waals surface area contributed by atoms with Crippen LogP contribution in [0, 0.1) is 12.3 Å². The number of nitrogens with zero attached hydrogens (tertiary/aromatic N) is 5. The third kappa shape index (κ3) is 4.13. The van der Waals surface area contributed by atoms with Gasteiger partial charge in [-0.1, -0.05) is 24.8 Å². The van der Waals surface area contributed by atoms with E-state index in [4.69, 9.17) is 15.2 Å². The van der Waals surface area contributed by atoms with E-state index in [-0.39, 0.29) is 18.0 Å². The molecule has 1 aromatic carbocycles. The molecule has 0 saturated carbocycles. The van der Waals surface area contributed by atoms with Crippen LogP contribution >= 0.6 is 23.7 Å². The summed E-state index contributed by atoms with van der Waals surface area (Å²) in [5.74, 6) is -1.16. The number of aromatic nitrogens is 4. The van der Waals surface area contributed by atoms with E-state index in [1.807, 2.05) is 13.0 Å². The summed E-state index contributed by atoms with van der Waals surface area (Å²) in [5.41, 5.74) is 4.33. The number of hydrogen-bond acceptors (Lipinski definition) is 12. The van der Waals surface area contributed by atoms with Crippen LogP contribution in [0.3, 0.4) is 0 Å². The van der Waals surface area contributed by atoms with Crippen LogP contribution in [0.2, 0.25) is 0 Å². The fourth-order valence-corrected chi connectivity index (χ4v) is 7.87. The first kappa shape index (κ1) is 27.2. The molecule has 2 amide bonds. The van der Waals surface area contributed by atoms with Gasteiger partial charge in [-0.05, 0) is 59.0 Å². The van der Waals surface area contributed by atoms with Crippen LogP contribution in [0.1, 0.15) is 30.8 Å². The predicted octanol–water partition coefficient (Wildman–Crippen LogP) is 0.111. The van der Waals surface area contributed by atoms with Gasteiger partial charge in [-0.15, -0.1) is 5.10 Å². The van der Waals surface area contributed by atoms with E-state index in [2.05, 4.69) is 20.8 Å². The normalized spacial score (nSPS) is 28.9. The van der Waals surface area contributed by atoms with Crippen molar-refractivity contribution in [2.24, 2.45) is 11.1 Å². The number of esters is 1. The number of tetrazole rings is 1. The molecule has 200 valence electrons. The number of fused-ring (bicyclic) bond motifs is 1. The molecule has 1 aromatic heterocycles. The van der Waals surface area contributed by atoms with Crippen LogP contribution in [-0.2, 0) is 35.1 Å². The maximum Gasteiger partial charge on any atom is 0.318 e. The number of carbonyl (C=O) groups excluding carboxylic acids is 3. The molecule has 0 spiro atoms. The lowest BCUT2D eigenvalue weighted by atomic mass is 9.74. The van der Waals surface area contributed by atoms with Gasteiger partial charge in [0.25, 0.3) is 5.91 Å². The van der Waals surface area contributed by atoms with Gasteiger partial charge in [0.05, 0.1) is 7.11 Å². The van der Waals surface area contributed by atoms with E-state index >= 15 is 0 Å². The number of phenols is 1. The summed E-state index contributed by atoms with van der Waals surface area (Å²) < 4.78 is 12.2. The van der Waals surface area contributed by atoms with Crippen LogP contribution in [0.15, 0.2) is 18.2 Å². The molecule has 2 aliphatic rings. The lowest BCUT2D eigenvalue weighted by Gasteiger charge is -2.63. The molecule has 3 unspecified atom stereocenters. The minimum absolute atomic E-state index is 0.00297. The van der Waals surface area contributed by atoms with E-state index in [0.29, 0.717) is 17.8 Å². The minimum atomic E-state index is -1.67. The van der Waals surface area contributed by atoms with E-state index in [9.17, 15) is 19.5 Å². The molecule has 37 heavy (non-hydrogen) atoms. The average molecular weight is 552 g/mol. The highest BCUT2D eigenvalue weighted by molar-refractivity contribution is 8.01. The van der Waals surface area contributed by atoms with Gasteiger partial charge in [0.2, 0.25) is 11.6 Å². The Kier molecular flexibility index (Phi) is 7.18. The Morgan fingerprint density at radius 2 is 2.08 bits per heavy atom. The number of nitrogens with two attached hydrogens (primary N) is 1. The summed E-state index contributed by atoms with van der Waals surface area (Å²) in [5, 5.41) is 24.4. The maximum atomic E-state index is 13.8. The number of ether oxygens (including phenoxy) is 2. The Balaban J connectivity index is 1.98. The van der Waals surface area contributed by atoms with Crippen molar-refractivity contribution in [1.29, 1.82) is 0 Å². The summed E-state index contributed by atoms with van der Waals surface area (Å²) in [4.78, 5) is 39.6. The van der Waals surface area contributed by atoms with Crippen LogP contribution in [0.4, 0.5) is 0 Å². The second-order valence-corrected chi connectivity index (χ2v) is 11.1. The summed E-state index contributed by atoms with van der Waals surface area (Å²) in [6, 6.07) is 4.92. The molecular formula is C22H29N7O6S2. The lowest BCUT2D eigenvalue weighted by Crippen LogP contribution is -2.84. The molecular weight excluding hydrogens is 522 g/mol. The van der Waals surface area contributed by atoms with Crippen molar-refractivity contribution in [3.8, 4) is 5.75 Å². The van der Waals surface area contributed by atoms with Gasteiger partial charge in [-0.2, -0.15) is 4.09 Å². The van der Waals surface area contributed by atoms with E-state index < -0.39 is 39.2 Å². The standard InChI is InChI=1S/C22H29N7O6S2/c1-6-14-7-15(9-16(31)8-14)22(24-13(3)30)20(19(33)34-4,11-36-29-12(2)25-26-27-29)10-28-17(32)21(23,35-5)18(28)37-22/h7-9,18,31H,6,10-11,23H2,1-5H3,(H,24,30)/t18-,20?,21?,22?/m1/s1. The van der Waals surface area contributed by atoms with Gasteiger partial charge < -0.3 is 24.8 Å². The molecule has 3 heterocycles. The van der Waals surface area contributed by atoms with E-state index in [0.717, 1.165) is 29.3 Å². The number of thioether (sulfide) groups is 1. The molecule has 2 aliphatic heterocycles. The SMILES string of the molecule is CCc1cc(O)cc(C2(NC(C)=O)S[C@H]3N(CC2(CSn2nnnc2C)C(=O)OC)C(=O)C3(N)OC)c1. The molecule has 13 nitrogen and oxygen atoms in total. The minimum Gasteiger partial charge on any atom is -0.508 e. The van der Waals surface area contributed by atoms with Crippen molar-refractivity contribution in [2.75, 3.05) is 26.5 Å². The highest BCUT2D eigenvalue weighted by atomic mass is 32.2. The molecule has 4 rings (SSSR count). The van der Waals surface area contributed by atoms with Gasteiger partial charge >= 0.3 is 5.97 Å². The molecule has 2 saturated heterocycles. The summed E-state index contributed by atoms with van der Waals surface area (Å²) in [6.45, 7) is 4.80. The predicted molar refractivity (Wildman–Crippen MR) is 135 cm³/mol. The number of methoxy groups -OCH3 is 2. The Labute approximate surface area is 221 Å². The zero-order chi connectivity index (χ0) is 27.2. The van der Waals surface area contributed by atoms with E-state index in [1.54, 1.807) is 13.0 Å². The first-order valence-electron chi connectivity index (χ1n) is 11.4. The summed E-state index contributed by atoms with van der Waals surface area (Å²) >= 11 is 2.23. The number of rotatable bonds is 8. The second-order valence-electron chi connectivity index (χ2n) is 8.95. The van der Waals surface area contributed by atoms with Gasteiger partial charge in [0.1, 0.15) is 21.4 Å². The molecule has 0 radical (unpaired) electrons. The number of hydrogen-bond donors (Lipinski definition) is 3. The van der Waals surface area contributed by atoms with Crippen LogP contribution in [-0.4, -0.2) is 85.0 Å². The number of aryl methyl sites for hydroxylation is 2. The summed E-state index contributed by atoms with van der Waals surface area (Å²) in [6.07, 6.45) is 0.582. The first-order valence-corrected chi connectivity index (χ1v) is 13.2. The smallest absolute Gasteiger partial charge is 0.318 e. The molecule has 4 atom stereocenters. The highest BCUT2D eigenvalue weighted by Gasteiger charge is 2.73. The van der Waals surface area contributed by atoms with Crippen LogP contribution in [0.25, 0.3) is 0 Å². The highest BCUT2D eigenvalue weighted by Crippen LogP contribution is 2.61. The number of aromatic hydroxyl groups is 1. The molecule has 4 N–H and O–H groups in total. The monoisotopic (exact) mass is 551 g/mol. The Bertz CT molecular complexity index is 1240. The number of nitrogens with one attached hydrogen (secondary N) is 1. The number of carbonyl (C=O) groups is 3. The van der Waals surface area contributed by atoms with Gasteiger partial charge in [-0.25, -0.2) is 0 Å². The van der Waals surface area contributed by atoms with Crippen molar-refractivity contribution in [3.63, 3.8) is 0 Å². The van der Waals surface area contributed by atoms with Crippen molar-refractivity contribution in [1.82, 2.24) is 29.8 Å². The summed E-state index contributed by atoms with van der Waals surface area (Å²) in [7, 11) is 2.57. The number of benzene rings is 1. The Morgan fingerprint density at radius 1 is 1.35 bits per heavy atom. The second kappa shape index (κ2) is 9.78. The zero-order valence-electron chi connectivity index (χ0n) is 21.0. The third-order valence-corrected chi connectivity index (χ3v) is 9.84. The molecule has 2 fully saturated rings. The lowest BCUT2D eigenvalue weighted by molar-refractivity contribution is -0.194. The zero-order valence-corrected chi connectivity index (χ0v) is 22.7. The molecule has 0 aliphatic carbocycles. The van der Waals surface area contributed by atoms with E-state index in [1.165, 1.54) is 36.2 Å². The fraction of sp³-hybridized carbons (Fsp3) is 0.545. The number of amides is 2. The van der Waals surface area contributed by atoms with Gasteiger partial charge in [-0.3, -0.25) is 20.1 Å². The maximum absolute atomic E-state index is 13.8. The number of β-lactam (4-membered cyclic amide) rings is 1.